The van der Waals surface area contributed by atoms with Crippen molar-refractivity contribution in [2.24, 2.45) is 0 Å². The summed E-state index contributed by atoms with van der Waals surface area (Å²) in [5, 5.41) is 25.1. The van der Waals surface area contributed by atoms with Crippen LogP contribution in [0.25, 0.3) is 86.9 Å². The SMILES string of the molecule is [C-]#[N+]c1cc(C#N)c(-n2c3ccccc3c3ccccc32)cc1-c1cc(-c2c(C#N)cccc2[N+]#[C-])cc(-n2c3ccccc3c3ccccc32)c1. The highest BCUT2D eigenvalue weighted by molar-refractivity contribution is 6.10. The Morgan fingerprint density at radius 3 is 1.48 bits per heavy atom. The number of aromatic nitrogens is 2. The van der Waals surface area contributed by atoms with Crippen LogP contribution in [0.3, 0.4) is 0 Å². The van der Waals surface area contributed by atoms with Crippen molar-refractivity contribution in [3.63, 3.8) is 0 Å². The number of fused-ring (bicyclic) bond motifs is 6. The molecule has 0 bridgehead atoms. The van der Waals surface area contributed by atoms with E-state index in [2.05, 4.69) is 73.4 Å². The zero-order valence-corrected chi connectivity index (χ0v) is 27.5. The molecule has 0 aliphatic heterocycles. The molecule has 6 nitrogen and oxygen atoms in total. The van der Waals surface area contributed by atoms with E-state index in [1.807, 2.05) is 78.9 Å². The number of benzene rings is 7. The van der Waals surface area contributed by atoms with E-state index in [0.29, 0.717) is 44.9 Å². The molecule has 0 atom stereocenters. The fourth-order valence-corrected chi connectivity index (χ4v) is 7.63. The van der Waals surface area contributed by atoms with E-state index in [1.165, 1.54) is 0 Å². The summed E-state index contributed by atoms with van der Waals surface area (Å²) in [6.45, 7) is 16.3. The molecule has 0 N–H and O–H groups in total. The van der Waals surface area contributed by atoms with Gasteiger partial charge in [-0.15, -0.1) is 0 Å². The van der Waals surface area contributed by atoms with Gasteiger partial charge in [-0.25, -0.2) is 9.69 Å². The Morgan fingerprint density at radius 2 is 0.962 bits per heavy atom. The highest BCUT2D eigenvalue weighted by atomic mass is 15.0. The highest BCUT2D eigenvalue weighted by Crippen LogP contribution is 2.43. The van der Waals surface area contributed by atoms with Crippen LogP contribution in [0.2, 0.25) is 0 Å². The maximum absolute atomic E-state index is 10.5. The molecule has 238 valence electrons. The molecule has 0 amide bonds. The summed E-state index contributed by atoms with van der Waals surface area (Å²) in [5.41, 5.74) is 9.38. The molecular weight excluding hydrogens is 637 g/mol. The highest BCUT2D eigenvalue weighted by Gasteiger charge is 2.21. The standard InChI is InChI=1S/C46H24N6/c1-49-39-17-11-12-29(27-47)46(39)31-22-30(23-33(24-31)51-41-18-7-3-13-34(41)35-14-4-8-19-42(35)51)38-26-45(32(28-48)25-40(38)50-2)52-43-20-9-5-15-36(43)37-16-6-10-21-44(37)52/h3-26H. The quantitative estimate of drug-likeness (QED) is 0.176. The Hall–Kier alpha value is -7.90. The molecule has 2 aromatic heterocycles. The number of nitriles is 2. The second kappa shape index (κ2) is 11.9. The van der Waals surface area contributed by atoms with Crippen LogP contribution in [0.15, 0.2) is 146 Å². The van der Waals surface area contributed by atoms with E-state index in [9.17, 15) is 10.5 Å². The third-order valence-electron chi connectivity index (χ3n) is 9.81. The van der Waals surface area contributed by atoms with Crippen LogP contribution in [-0.2, 0) is 0 Å². The fraction of sp³-hybridized carbons (Fsp3) is 0. The van der Waals surface area contributed by atoms with Gasteiger partial charge in [0.25, 0.3) is 0 Å². The molecule has 0 saturated heterocycles. The van der Waals surface area contributed by atoms with Crippen LogP contribution >= 0.6 is 0 Å². The second-order valence-corrected chi connectivity index (χ2v) is 12.5. The minimum atomic E-state index is 0.324. The molecule has 2 heterocycles. The van der Waals surface area contributed by atoms with Crippen LogP contribution in [0, 0.1) is 35.8 Å². The lowest BCUT2D eigenvalue weighted by atomic mass is 9.92. The summed E-state index contributed by atoms with van der Waals surface area (Å²) in [6, 6.07) is 52.2. The van der Waals surface area contributed by atoms with Crippen molar-refractivity contribution >= 4 is 55.0 Å². The van der Waals surface area contributed by atoms with Gasteiger partial charge in [-0.2, -0.15) is 10.5 Å². The summed E-state index contributed by atoms with van der Waals surface area (Å²) in [7, 11) is 0. The average molecular weight is 661 g/mol. The van der Waals surface area contributed by atoms with Crippen LogP contribution in [0.5, 0.6) is 0 Å². The Balaban J connectivity index is 1.41. The predicted octanol–water partition coefficient (Wildman–Crippen LogP) is 12.1. The van der Waals surface area contributed by atoms with E-state index >= 15 is 0 Å². The fourth-order valence-electron chi connectivity index (χ4n) is 7.63. The van der Waals surface area contributed by atoms with Crippen LogP contribution < -0.4 is 0 Å². The van der Waals surface area contributed by atoms with Crippen LogP contribution in [-0.4, -0.2) is 9.13 Å². The lowest BCUT2D eigenvalue weighted by Gasteiger charge is -2.18. The third-order valence-corrected chi connectivity index (χ3v) is 9.81. The van der Waals surface area contributed by atoms with Gasteiger partial charge in [0.1, 0.15) is 0 Å². The molecule has 0 aliphatic carbocycles. The molecule has 0 radical (unpaired) electrons. The zero-order valence-electron chi connectivity index (χ0n) is 27.5. The smallest absolute Gasteiger partial charge is 0.196 e. The molecule has 7 aromatic carbocycles. The Kier molecular flexibility index (Phi) is 6.91. The third kappa shape index (κ3) is 4.47. The molecule has 9 aromatic rings. The lowest BCUT2D eigenvalue weighted by molar-refractivity contribution is 1.17. The number of rotatable bonds is 4. The molecule has 9 rings (SSSR count). The van der Waals surface area contributed by atoms with Crippen molar-refractivity contribution in [1.82, 2.24) is 9.13 Å². The van der Waals surface area contributed by atoms with Gasteiger partial charge in [0, 0.05) is 38.4 Å². The summed E-state index contributed by atoms with van der Waals surface area (Å²) in [4.78, 5) is 7.76. The molecule has 0 spiro atoms. The maximum atomic E-state index is 10.5. The largest absolute Gasteiger partial charge is 0.309 e. The van der Waals surface area contributed by atoms with Gasteiger partial charge < -0.3 is 9.13 Å². The van der Waals surface area contributed by atoms with E-state index in [0.717, 1.165) is 54.9 Å². The molecule has 0 fully saturated rings. The van der Waals surface area contributed by atoms with Gasteiger partial charge in [0.05, 0.1) is 58.6 Å². The van der Waals surface area contributed by atoms with Crippen molar-refractivity contribution in [2.45, 2.75) is 0 Å². The van der Waals surface area contributed by atoms with Gasteiger partial charge in [0.15, 0.2) is 11.4 Å². The first-order chi connectivity index (χ1) is 25.6. The number of nitrogens with zero attached hydrogens (tertiary/aromatic N) is 6. The zero-order chi connectivity index (χ0) is 35.3. The van der Waals surface area contributed by atoms with Crippen LogP contribution in [0.4, 0.5) is 11.4 Å². The van der Waals surface area contributed by atoms with Gasteiger partial charge >= 0.3 is 0 Å². The maximum Gasteiger partial charge on any atom is 0.196 e. The molecule has 0 saturated carbocycles. The molecule has 52 heavy (non-hydrogen) atoms. The van der Waals surface area contributed by atoms with Crippen molar-refractivity contribution < 1.29 is 0 Å². The van der Waals surface area contributed by atoms with Crippen LogP contribution in [0.1, 0.15) is 11.1 Å². The van der Waals surface area contributed by atoms with E-state index in [1.54, 1.807) is 24.3 Å². The molecule has 0 unspecified atom stereocenters. The monoisotopic (exact) mass is 660 g/mol. The number of hydrogen-bond acceptors (Lipinski definition) is 2. The second-order valence-electron chi connectivity index (χ2n) is 12.5. The van der Waals surface area contributed by atoms with Crippen molar-refractivity contribution in [3.05, 3.63) is 180 Å². The topological polar surface area (TPSA) is 66.2 Å². The van der Waals surface area contributed by atoms with Crippen molar-refractivity contribution in [1.29, 1.82) is 10.5 Å². The Morgan fingerprint density at radius 1 is 0.462 bits per heavy atom. The van der Waals surface area contributed by atoms with Gasteiger partial charge in [0.2, 0.25) is 0 Å². The first kappa shape index (κ1) is 30.2. The number of para-hydroxylation sites is 4. The molecule has 6 heteroatoms. The van der Waals surface area contributed by atoms with Crippen molar-refractivity contribution in [2.75, 3.05) is 0 Å². The summed E-state index contributed by atoms with van der Waals surface area (Å²) < 4.78 is 4.29. The van der Waals surface area contributed by atoms with Crippen molar-refractivity contribution in [3.8, 4) is 45.8 Å². The van der Waals surface area contributed by atoms with E-state index < -0.39 is 0 Å². The predicted molar refractivity (Wildman–Crippen MR) is 208 cm³/mol. The molecular formula is C46H24N6. The Bertz CT molecular complexity index is 2990. The van der Waals surface area contributed by atoms with Gasteiger partial charge in [-0.3, -0.25) is 0 Å². The van der Waals surface area contributed by atoms with Gasteiger partial charge in [-0.05, 0) is 77.4 Å². The Labute approximate surface area is 299 Å². The van der Waals surface area contributed by atoms with Gasteiger partial charge in [-0.1, -0.05) is 84.9 Å². The molecule has 0 aliphatic rings. The van der Waals surface area contributed by atoms with E-state index in [4.69, 9.17) is 13.1 Å². The van der Waals surface area contributed by atoms with E-state index in [-0.39, 0.29) is 0 Å². The number of hydrogen-bond donors (Lipinski definition) is 0. The summed E-state index contributed by atoms with van der Waals surface area (Å²) in [5.74, 6) is 0. The minimum Gasteiger partial charge on any atom is -0.309 e. The minimum absolute atomic E-state index is 0.324. The first-order valence-electron chi connectivity index (χ1n) is 16.6. The first-order valence-corrected chi connectivity index (χ1v) is 16.6. The normalized spacial score (nSPS) is 11.0. The summed E-state index contributed by atoms with van der Waals surface area (Å²) >= 11 is 0. The summed E-state index contributed by atoms with van der Waals surface area (Å²) in [6.07, 6.45) is 0. The lowest BCUT2D eigenvalue weighted by Crippen LogP contribution is -2.00. The average Bonchev–Trinajstić information content (AvgIpc) is 3.73.